The van der Waals surface area contributed by atoms with Gasteiger partial charge in [0.1, 0.15) is 9.84 Å². The number of carboxylic acids is 1. The van der Waals surface area contributed by atoms with Crippen LogP contribution in [0.25, 0.3) is 0 Å². The Bertz CT molecular complexity index is 307. The SMILES string of the molecule is CS(=O)(=O)CCN(CC(=O)O)C1CC1. The summed E-state index contributed by atoms with van der Waals surface area (Å²) in [6.45, 7) is 0.274. The number of nitrogens with zero attached hydrogens (tertiary/aromatic N) is 1. The number of hydrogen-bond acceptors (Lipinski definition) is 4. The molecule has 5 nitrogen and oxygen atoms in total. The Labute approximate surface area is 83.6 Å². The summed E-state index contributed by atoms with van der Waals surface area (Å²) in [5.41, 5.74) is 0. The first-order chi connectivity index (χ1) is 6.38. The summed E-state index contributed by atoms with van der Waals surface area (Å²) in [5.74, 6) is -0.859. The number of sulfone groups is 1. The molecule has 0 aliphatic heterocycles. The minimum Gasteiger partial charge on any atom is -0.480 e. The molecule has 1 rings (SSSR count). The predicted molar refractivity (Wildman–Crippen MR) is 51.9 cm³/mol. The Balaban J connectivity index is 2.39. The molecule has 14 heavy (non-hydrogen) atoms. The van der Waals surface area contributed by atoms with Crippen LogP contribution in [0.5, 0.6) is 0 Å². The molecular weight excluding hydrogens is 206 g/mol. The van der Waals surface area contributed by atoms with E-state index in [2.05, 4.69) is 0 Å². The Morgan fingerprint density at radius 1 is 1.50 bits per heavy atom. The summed E-state index contributed by atoms with van der Waals surface area (Å²) in [4.78, 5) is 12.2. The molecule has 1 aliphatic rings. The lowest BCUT2D eigenvalue weighted by Crippen LogP contribution is -2.35. The van der Waals surface area contributed by atoms with Gasteiger partial charge in [-0.1, -0.05) is 0 Å². The number of carboxylic acid groups (broad SMARTS) is 1. The van der Waals surface area contributed by atoms with E-state index in [9.17, 15) is 13.2 Å². The van der Waals surface area contributed by atoms with Crippen LogP contribution in [-0.2, 0) is 14.6 Å². The van der Waals surface area contributed by atoms with Crippen LogP contribution in [0.15, 0.2) is 0 Å². The summed E-state index contributed by atoms with van der Waals surface area (Å²) < 4.78 is 21.8. The maximum atomic E-state index is 10.9. The van der Waals surface area contributed by atoms with Crippen LogP contribution in [-0.4, -0.2) is 55.5 Å². The maximum Gasteiger partial charge on any atom is 0.317 e. The number of carbonyl (C=O) groups is 1. The third-order valence-electron chi connectivity index (χ3n) is 2.15. The molecule has 0 aromatic heterocycles. The first kappa shape index (κ1) is 11.5. The van der Waals surface area contributed by atoms with Gasteiger partial charge >= 0.3 is 5.97 Å². The Kier molecular flexibility index (Phi) is 3.49. The highest BCUT2D eigenvalue weighted by Gasteiger charge is 2.30. The second-order valence-electron chi connectivity index (χ2n) is 3.73. The molecule has 0 aromatic carbocycles. The molecule has 0 radical (unpaired) electrons. The van der Waals surface area contributed by atoms with Crippen molar-refractivity contribution in [3.05, 3.63) is 0 Å². The van der Waals surface area contributed by atoms with Crippen molar-refractivity contribution in [3.63, 3.8) is 0 Å². The average Bonchev–Trinajstić information content (AvgIpc) is 2.77. The van der Waals surface area contributed by atoms with E-state index in [1.165, 1.54) is 6.26 Å². The van der Waals surface area contributed by atoms with E-state index >= 15 is 0 Å². The molecule has 1 aliphatic carbocycles. The Morgan fingerprint density at radius 3 is 2.43 bits per heavy atom. The van der Waals surface area contributed by atoms with Crippen LogP contribution in [0.2, 0.25) is 0 Å². The van der Waals surface area contributed by atoms with Gasteiger partial charge in [0.25, 0.3) is 0 Å². The van der Waals surface area contributed by atoms with Crippen LogP contribution in [0, 0.1) is 0 Å². The van der Waals surface area contributed by atoms with Gasteiger partial charge in [-0.05, 0) is 12.8 Å². The first-order valence-corrected chi connectivity index (χ1v) is 6.58. The highest BCUT2D eigenvalue weighted by molar-refractivity contribution is 7.90. The third kappa shape index (κ3) is 4.57. The zero-order valence-corrected chi connectivity index (χ0v) is 8.96. The Morgan fingerprint density at radius 2 is 2.07 bits per heavy atom. The lowest BCUT2D eigenvalue weighted by Gasteiger charge is -2.18. The average molecular weight is 221 g/mol. The highest BCUT2D eigenvalue weighted by atomic mass is 32.2. The van der Waals surface area contributed by atoms with Crippen molar-refractivity contribution in [2.75, 3.05) is 25.1 Å². The van der Waals surface area contributed by atoms with Gasteiger partial charge in [-0.25, -0.2) is 8.42 Å². The smallest absolute Gasteiger partial charge is 0.317 e. The van der Waals surface area contributed by atoms with Gasteiger partial charge in [-0.3, -0.25) is 9.69 Å². The summed E-state index contributed by atoms with van der Waals surface area (Å²) in [7, 11) is -3.00. The van der Waals surface area contributed by atoms with Crippen molar-refractivity contribution >= 4 is 15.8 Å². The fourth-order valence-corrected chi connectivity index (χ4v) is 1.85. The number of rotatable bonds is 6. The molecule has 0 heterocycles. The van der Waals surface area contributed by atoms with Gasteiger partial charge in [0.15, 0.2) is 0 Å². The zero-order chi connectivity index (χ0) is 10.8. The molecule has 0 bridgehead atoms. The molecule has 1 saturated carbocycles. The van der Waals surface area contributed by atoms with Crippen molar-refractivity contribution in [3.8, 4) is 0 Å². The van der Waals surface area contributed by atoms with Crippen LogP contribution in [0.4, 0.5) is 0 Å². The normalized spacial score (nSPS) is 17.3. The van der Waals surface area contributed by atoms with E-state index in [1.807, 2.05) is 0 Å². The number of hydrogen-bond donors (Lipinski definition) is 1. The van der Waals surface area contributed by atoms with E-state index in [0.29, 0.717) is 6.54 Å². The van der Waals surface area contributed by atoms with Crippen molar-refractivity contribution in [2.45, 2.75) is 18.9 Å². The van der Waals surface area contributed by atoms with Crippen LogP contribution in [0.1, 0.15) is 12.8 Å². The number of aliphatic carboxylic acids is 1. The summed E-state index contributed by atoms with van der Waals surface area (Å²) in [6.07, 6.45) is 3.13. The molecule has 0 amide bonds. The van der Waals surface area contributed by atoms with Crippen molar-refractivity contribution in [2.24, 2.45) is 0 Å². The van der Waals surface area contributed by atoms with Crippen molar-refractivity contribution in [1.82, 2.24) is 4.90 Å². The van der Waals surface area contributed by atoms with E-state index < -0.39 is 15.8 Å². The molecule has 0 saturated heterocycles. The van der Waals surface area contributed by atoms with Gasteiger partial charge in [0.2, 0.25) is 0 Å². The summed E-state index contributed by atoms with van der Waals surface area (Å²) in [5, 5.41) is 8.60. The third-order valence-corrected chi connectivity index (χ3v) is 3.08. The fraction of sp³-hybridized carbons (Fsp3) is 0.875. The molecule has 0 aromatic rings. The minimum absolute atomic E-state index is 0.0385. The molecule has 0 unspecified atom stereocenters. The summed E-state index contributed by atoms with van der Waals surface area (Å²) >= 11 is 0. The second kappa shape index (κ2) is 4.27. The highest BCUT2D eigenvalue weighted by Crippen LogP contribution is 2.26. The minimum atomic E-state index is -3.00. The van der Waals surface area contributed by atoms with Crippen molar-refractivity contribution in [1.29, 1.82) is 0 Å². The molecule has 0 spiro atoms. The monoisotopic (exact) mass is 221 g/mol. The quantitative estimate of drug-likeness (QED) is 0.659. The molecule has 6 heteroatoms. The van der Waals surface area contributed by atoms with Gasteiger partial charge in [0.05, 0.1) is 12.3 Å². The van der Waals surface area contributed by atoms with E-state index in [-0.39, 0.29) is 18.3 Å². The topological polar surface area (TPSA) is 74.7 Å². The molecule has 1 fully saturated rings. The first-order valence-electron chi connectivity index (χ1n) is 4.52. The van der Waals surface area contributed by atoms with Crippen molar-refractivity contribution < 1.29 is 18.3 Å². The van der Waals surface area contributed by atoms with E-state index in [4.69, 9.17) is 5.11 Å². The predicted octanol–water partition coefficient (Wildman–Crippen LogP) is -0.420. The van der Waals surface area contributed by atoms with Crippen LogP contribution in [0.3, 0.4) is 0 Å². The van der Waals surface area contributed by atoms with Gasteiger partial charge in [0, 0.05) is 18.8 Å². The summed E-state index contributed by atoms with van der Waals surface area (Å²) in [6, 6.07) is 0.285. The molecular formula is C8H15NO4S. The Hall–Kier alpha value is -0.620. The van der Waals surface area contributed by atoms with E-state index in [0.717, 1.165) is 12.8 Å². The molecule has 0 atom stereocenters. The van der Waals surface area contributed by atoms with Crippen LogP contribution >= 0.6 is 0 Å². The lowest BCUT2D eigenvalue weighted by molar-refractivity contribution is -0.138. The lowest BCUT2D eigenvalue weighted by atomic mass is 10.4. The van der Waals surface area contributed by atoms with Gasteiger partial charge in [-0.2, -0.15) is 0 Å². The van der Waals surface area contributed by atoms with Crippen LogP contribution < -0.4 is 0 Å². The van der Waals surface area contributed by atoms with E-state index in [1.54, 1.807) is 4.90 Å². The molecule has 1 N–H and O–H groups in total. The molecule has 82 valence electrons. The van der Waals surface area contributed by atoms with Gasteiger partial charge < -0.3 is 5.11 Å². The maximum absolute atomic E-state index is 10.9. The zero-order valence-electron chi connectivity index (χ0n) is 8.14. The fourth-order valence-electron chi connectivity index (χ4n) is 1.29. The second-order valence-corrected chi connectivity index (χ2v) is 5.99. The largest absolute Gasteiger partial charge is 0.480 e. The standard InChI is InChI=1S/C8H15NO4S/c1-14(12,13)5-4-9(6-8(10)11)7-2-3-7/h7H,2-6H2,1H3,(H,10,11). The van der Waals surface area contributed by atoms with Gasteiger partial charge in [-0.15, -0.1) is 0 Å².